The van der Waals surface area contributed by atoms with E-state index in [1.54, 1.807) is 0 Å². The SMILES string of the molecule is N=C(N)C1(NS(=O)(=O)c2ccc(F)c(F)c2)CCCC1. The second-order valence-corrected chi connectivity index (χ2v) is 6.57. The van der Waals surface area contributed by atoms with E-state index in [1.165, 1.54) is 0 Å². The lowest BCUT2D eigenvalue weighted by Gasteiger charge is -2.28. The maximum absolute atomic E-state index is 13.1. The zero-order chi connectivity index (χ0) is 15.0. The summed E-state index contributed by atoms with van der Waals surface area (Å²) in [6.07, 6.45) is 2.34. The Labute approximate surface area is 115 Å². The number of sulfonamides is 1. The highest BCUT2D eigenvalue weighted by Gasteiger charge is 2.41. The molecule has 110 valence electrons. The monoisotopic (exact) mass is 303 g/mol. The van der Waals surface area contributed by atoms with Crippen molar-refractivity contribution in [1.29, 1.82) is 5.41 Å². The average molecular weight is 303 g/mol. The van der Waals surface area contributed by atoms with Crippen molar-refractivity contribution in [2.75, 3.05) is 0 Å². The molecule has 0 atom stereocenters. The van der Waals surface area contributed by atoms with E-state index < -0.39 is 27.2 Å². The van der Waals surface area contributed by atoms with E-state index in [1.807, 2.05) is 0 Å². The molecule has 0 spiro atoms. The molecule has 0 heterocycles. The molecule has 0 bridgehead atoms. The smallest absolute Gasteiger partial charge is 0.241 e. The predicted molar refractivity (Wildman–Crippen MR) is 69.8 cm³/mol. The van der Waals surface area contributed by atoms with Gasteiger partial charge in [0.2, 0.25) is 10.0 Å². The van der Waals surface area contributed by atoms with Gasteiger partial charge in [-0.15, -0.1) is 0 Å². The summed E-state index contributed by atoms with van der Waals surface area (Å²) in [5.41, 5.74) is 4.37. The lowest BCUT2D eigenvalue weighted by Crippen LogP contribution is -2.55. The molecular weight excluding hydrogens is 288 g/mol. The molecule has 0 aromatic heterocycles. The molecule has 4 N–H and O–H groups in total. The summed E-state index contributed by atoms with van der Waals surface area (Å²) in [6.45, 7) is 0. The number of rotatable bonds is 4. The zero-order valence-corrected chi connectivity index (χ0v) is 11.4. The number of nitrogens with one attached hydrogen (secondary N) is 2. The van der Waals surface area contributed by atoms with E-state index in [9.17, 15) is 17.2 Å². The van der Waals surface area contributed by atoms with Gasteiger partial charge in [-0.25, -0.2) is 17.2 Å². The average Bonchev–Trinajstić information content (AvgIpc) is 2.81. The number of hydrogen-bond acceptors (Lipinski definition) is 3. The fourth-order valence-electron chi connectivity index (χ4n) is 2.37. The van der Waals surface area contributed by atoms with Crippen molar-refractivity contribution in [3.63, 3.8) is 0 Å². The summed E-state index contributed by atoms with van der Waals surface area (Å²) in [5.74, 6) is -2.62. The lowest BCUT2D eigenvalue weighted by atomic mass is 9.98. The Bertz CT molecular complexity index is 640. The molecule has 1 aromatic carbocycles. The highest BCUT2D eigenvalue weighted by atomic mass is 32.2. The molecule has 5 nitrogen and oxygen atoms in total. The molecule has 20 heavy (non-hydrogen) atoms. The molecule has 0 aliphatic heterocycles. The number of amidine groups is 1. The maximum Gasteiger partial charge on any atom is 0.241 e. The van der Waals surface area contributed by atoms with Crippen LogP contribution in [0.5, 0.6) is 0 Å². The first-order chi connectivity index (χ1) is 9.27. The summed E-state index contributed by atoms with van der Waals surface area (Å²) in [6, 6.07) is 2.34. The van der Waals surface area contributed by atoms with E-state index in [2.05, 4.69) is 4.72 Å². The number of halogens is 2. The Balaban J connectivity index is 2.35. The summed E-state index contributed by atoms with van der Waals surface area (Å²) in [4.78, 5) is -0.385. The van der Waals surface area contributed by atoms with E-state index in [0.717, 1.165) is 25.0 Å². The second-order valence-electron chi connectivity index (χ2n) is 4.88. The highest BCUT2D eigenvalue weighted by molar-refractivity contribution is 7.89. The molecule has 8 heteroatoms. The van der Waals surface area contributed by atoms with Crippen molar-refractivity contribution in [2.24, 2.45) is 5.73 Å². The lowest BCUT2D eigenvalue weighted by molar-refractivity contribution is 0.490. The molecule has 1 aliphatic rings. The van der Waals surface area contributed by atoms with Crippen molar-refractivity contribution in [2.45, 2.75) is 36.1 Å². The van der Waals surface area contributed by atoms with Crippen LogP contribution in [0.1, 0.15) is 25.7 Å². The topological polar surface area (TPSA) is 96.0 Å². The number of nitrogens with two attached hydrogens (primary N) is 1. The fourth-order valence-corrected chi connectivity index (χ4v) is 3.82. The molecule has 1 saturated carbocycles. The minimum absolute atomic E-state index is 0.263. The second kappa shape index (κ2) is 5.10. The van der Waals surface area contributed by atoms with Gasteiger partial charge in [-0.2, -0.15) is 4.72 Å². The molecule has 2 rings (SSSR count). The van der Waals surface area contributed by atoms with Crippen LogP contribution in [-0.2, 0) is 10.0 Å². The van der Waals surface area contributed by atoms with Crippen molar-refractivity contribution in [1.82, 2.24) is 4.72 Å². The Kier molecular flexibility index (Phi) is 3.79. The Morgan fingerprint density at radius 3 is 2.35 bits per heavy atom. The van der Waals surface area contributed by atoms with Crippen LogP contribution in [0.3, 0.4) is 0 Å². The first-order valence-corrected chi connectivity index (χ1v) is 7.59. The standard InChI is InChI=1S/C12H15F2N3O2S/c13-9-4-3-8(7-10(9)14)20(18,19)17-12(11(15)16)5-1-2-6-12/h3-4,7,17H,1-2,5-6H2,(H3,15,16). The third-order valence-electron chi connectivity index (χ3n) is 3.50. The van der Waals surface area contributed by atoms with Gasteiger partial charge < -0.3 is 5.73 Å². The van der Waals surface area contributed by atoms with E-state index in [0.29, 0.717) is 18.9 Å². The van der Waals surface area contributed by atoms with Crippen molar-refractivity contribution in [3.8, 4) is 0 Å². The van der Waals surface area contributed by atoms with Crippen molar-refractivity contribution < 1.29 is 17.2 Å². The normalized spacial score (nSPS) is 18.1. The minimum atomic E-state index is -4.06. The fraction of sp³-hybridized carbons (Fsp3) is 0.417. The minimum Gasteiger partial charge on any atom is -0.386 e. The van der Waals surface area contributed by atoms with Crippen LogP contribution in [-0.4, -0.2) is 19.8 Å². The van der Waals surface area contributed by atoms with Gasteiger partial charge >= 0.3 is 0 Å². The van der Waals surface area contributed by atoms with Crippen LogP contribution in [0.2, 0.25) is 0 Å². The quantitative estimate of drug-likeness (QED) is 0.581. The molecular formula is C12H15F2N3O2S. The van der Waals surface area contributed by atoms with Gasteiger partial charge in [0.1, 0.15) is 5.84 Å². The van der Waals surface area contributed by atoms with E-state index >= 15 is 0 Å². The van der Waals surface area contributed by atoms with Crippen molar-refractivity contribution in [3.05, 3.63) is 29.8 Å². The van der Waals surface area contributed by atoms with Crippen LogP contribution < -0.4 is 10.5 Å². The van der Waals surface area contributed by atoms with Crippen LogP contribution >= 0.6 is 0 Å². The summed E-state index contributed by atoms with van der Waals surface area (Å²) in [5, 5.41) is 7.58. The third kappa shape index (κ3) is 2.66. The first kappa shape index (κ1) is 14.9. The first-order valence-electron chi connectivity index (χ1n) is 6.10. The third-order valence-corrected chi connectivity index (χ3v) is 5.04. The van der Waals surface area contributed by atoms with Gasteiger partial charge in [0.15, 0.2) is 11.6 Å². The summed E-state index contributed by atoms with van der Waals surface area (Å²) in [7, 11) is -4.06. The van der Waals surface area contributed by atoms with E-state index in [4.69, 9.17) is 11.1 Å². The Hall–Kier alpha value is -1.54. The molecule has 0 amide bonds. The van der Waals surface area contributed by atoms with Crippen LogP contribution in [0, 0.1) is 17.0 Å². The maximum atomic E-state index is 13.1. The van der Waals surface area contributed by atoms with Gasteiger partial charge in [-0.1, -0.05) is 12.8 Å². The highest BCUT2D eigenvalue weighted by Crippen LogP contribution is 2.31. The number of hydrogen-bond donors (Lipinski definition) is 3. The molecule has 1 aromatic rings. The van der Waals surface area contributed by atoms with Crippen LogP contribution in [0.15, 0.2) is 23.1 Å². The number of benzene rings is 1. The molecule has 0 saturated heterocycles. The Morgan fingerprint density at radius 1 is 1.25 bits per heavy atom. The summed E-state index contributed by atoms with van der Waals surface area (Å²) < 4.78 is 52.8. The molecule has 0 unspecified atom stereocenters. The Morgan fingerprint density at radius 2 is 1.85 bits per heavy atom. The molecule has 1 aliphatic carbocycles. The van der Waals surface area contributed by atoms with Gasteiger partial charge in [0, 0.05) is 0 Å². The van der Waals surface area contributed by atoms with Gasteiger partial charge in [-0.3, -0.25) is 5.41 Å². The zero-order valence-electron chi connectivity index (χ0n) is 10.6. The molecule has 1 fully saturated rings. The van der Waals surface area contributed by atoms with Crippen LogP contribution in [0.4, 0.5) is 8.78 Å². The van der Waals surface area contributed by atoms with Gasteiger partial charge in [-0.05, 0) is 31.0 Å². The summed E-state index contributed by atoms with van der Waals surface area (Å²) >= 11 is 0. The van der Waals surface area contributed by atoms with Gasteiger partial charge in [0.05, 0.1) is 10.4 Å². The van der Waals surface area contributed by atoms with Gasteiger partial charge in [0.25, 0.3) is 0 Å². The van der Waals surface area contributed by atoms with Crippen molar-refractivity contribution >= 4 is 15.9 Å². The van der Waals surface area contributed by atoms with E-state index in [-0.39, 0.29) is 10.7 Å². The predicted octanol–water partition coefficient (Wildman–Crippen LogP) is 1.49. The largest absolute Gasteiger partial charge is 0.386 e. The molecule has 0 radical (unpaired) electrons. The van der Waals surface area contributed by atoms with Crippen LogP contribution in [0.25, 0.3) is 0 Å².